The summed E-state index contributed by atoms with van der Waals surface area (Å²) in [5.74, 6) is 1.23. The molecule has 1 unspecified atom stereocenters. The normalized spacial score (nSPS) is 15.2. The molecule has 5 rings (SSSR count). The number of fused-ring (bicyclic) bond motifs is 1. The highest BCUT2D eigenvalue weighted by molar-refractivity contribution is 6.04. The first-order chi connectivity index (χ1) is 17.5. The van der Waals surface area contributed by atoms with E-state index in [4.69, 9.17) is 14.2 Å². The molecule has 0 saturated carbocycles. The lowest BCUT2D eigenvalue weighted by Crippen LogP contribution is -2.28. The fraction of sp³-hybridized carbons (Fsp3) is 0.222. The van der Waals surface area contributed by atoms with Crippen molar-refractivity contribution < 1.29 is 23.8 Å². The minimum Gasteiger partial charge on any atom is -0.493 e. The molecule has 0 aliphatic carbocycles. The Morgan fingerprint density at radius 3 is 2.33 bits per heavy atom. The number of nitrogens with one attached hydrogen (secondary N) is 2. The smallest absolute Gasteiger partial charge is 0.229 e. The third-order valence-corrected chi connectivity index (χ3v) is 6.27. The Labute approximate surface area is 208 Å². The number of methoxy groups -OCH3 is 3. The molecule has 2 N–H and O–H groups in total. The monoisotopic (exact) mass is 486 g/mol. The fourth-order valence-electron chi connectivity index (χ4n) is 4.40. The maximum Gasteiger partial charge on any atom is 0.229 e. The molecular formula is C27H26N4O5. The van der Waals surface area contributed by atoms with Crippen molar-refractivity contribution in [1.29, 1.82) is 0 Å². The van der Waals surface area contributed by atoms with E-state index in [-0.39, 0.29) is 24.8 Å². The van der Waals surface area contributed by atoms with Crippen LogP contribution in [-0.4, -0.2) is 49.7 Å². The van der Waals surface area contributed by atoms with E-state index < -0.39 is 5.92 Å². The van der Waals surface area contributed by atoms with Crippen LogP contribution in [0.25, 0.3) is 22.4 Å². The average molecular weight is 487 g/mol. The molecule has 2 amide bonds. The van der Waals surface area contributed by atoms with Gasteiger partial charge in [0, 0.05) is 36.3 Å². The molecule has 1 aromatic heterocycles. The molecule has 1 fully saturated rings. The van der Waals surface area contributed by atoms with Gasteiger partial charge in [-0.1, -0.05) is 12.1 Å². The van der Waals surface area contributed by atoms with Crippen LogP contribution in [0.1, 0.15) is 6.42 Å². The van der Waals surface area contributed by atoms with Crippen LogP contribution in [0, 0.1) is 5.92 Å². The van der Waals surface area contributed by atoms with E-state index in [0.29, 0.717) is 28.6 Å². The first kappa shape index (κ1) is 23.2. The predicted molar refractivity (Wildman–Crippen MR) is 137 cm³/mol. The molecule has 36 heavy (non-hydrogen) atoms. The van der Waals surface area contributed by atoms with E-state index in [1.54, 1.807) is 17.0 Å². The van der Waals surface area contributed by atoms with Crippen LogP contribution in [0.2, 0.25) is 0 Å². The molecule has 4 aromatic rings. The minimum atomic E-state index is -0.494. The van der Waals surface area contributed by atoms with Gasteiger partial charge in [0.05, 0.1) is 44.0 Å². The van der Waals surface area contributed by atoms with Crippen molar-refractivity contribution in [2.45, 2.75) is 6.42 Å². The van der Waals surface area contributed by atoms with Gasteiger partial charge in [0.2, 0.25) is 17.6 Å². The van der Waals surface area contributed by atoms with Crippen LogP contribution in [0.3, 0.4) is 0 Å². The Bertz CT molecular complexity index is 1370. The number of amides is 2. The number of rotatable bonds is 7. The molecule has 0 spiro atoms. The summed E-state index contributed by atoms with van der Waals surface area (Å²) in [4.78, 5) is 35.2. The number of anilines is 2. The number of carbonyl (C=O) groups is 2. The number of hydrogen-bond acceptors (Lipinski definition) is 6. The van der Waals surface area contributed by atoms with Crippen LogP contribution in [0.4, 0.5) is 11.4 Å². The lowest BCUT2D eigenvalue weighted by atomic mass is 10.1. The lowest BCUT2D eigenvalue weighted by Gasteiger charge is -2.20. The van der Waals surface area contributed by atoms with E-state index in [9.17, 15) is 9.59 Å². The first-order valence-corrected chi connectivity index (χ1v) is 11.5. The van der Waals surface area contributed by atoms with Crippen molar-refractivity contribution in [3.63, 3.8) is 0 Å². The molecule has 1 atom stereocenters. The average Bonchev–Trinajstić information content (AvgIpc) is 3.52. The molecule has 9 heteroatoms. The van der Waals surface area contributed by atoms with Gasteiger partial charge in [0.25, 0.3) is 0 Å². The number of nitrogens with zero attached hydrogens (tertiary/aromatic N) is 2. The molecule has 1 aliphatic rings. The van der Waals surface area contributed by atoms with E-state index in [2.05, 4.69) is 15.3 Å². The molecule has 1 aliphatic heterocycles. The zero-order valence-corrected chi connectivity index (χ0v) is 20.2. The van der Waals surface area contributed by atoms with Gasteiger partial charge in [-0.15, -0.1) is 0 Å². The van der Waals surface area contributed by atoms with E-state index in [1.807, 2.05) is 48.5 Å². The third kappa shape index (κ3) is 4.31. The number of ether oxygens (including phenoxy) is 3. The highest BCUT2D eigenvalue weighted by Crippen LogP contribution is 2.42. The third-order valence-electron chi connectivity index (χ3n) is 6.27. The lowest BCUT2D eigenvalue weighted by molar-refractivity contribution is -0.122. The second-order valence-electron chi connectivity index (χ2n) is 8.46. The summed E-state index contributed by atoms with van der Waals surface area (Å²) in [5.41, 5.74) is 4.01. The van der Waals surface area contributed by atoms with Gasteiger partial charge in [-0.3, -0.25) is 9.59 Å². The van der Waals surface area contributed by atoms with Gasteiger partial charge in [-0.2, -0.15) is 0 Å². The Hall–Kier alpha value is -4.53. The van der Waals surface area contributed by atoms with Gasteiger partial charge in [0.1, 0.15) is 5.82 Å². The molecule has 0 radical (unpaired) electrons. The number of aromatic nitrogens is 2. The summed E-state index contributed by atoms with van der Waals surface area (Å²) in [5, 5.41) is 2.93. The van der Waals surface area contributed by atoms with Crippen LogP contribution in [0.5, 0.6) is 17.2 Å². The quantitative estimate of drug-likeness (QED) is 0.405. The molecule has 0 bridgehead atoms. The Morgan fingerprint density at radius 2 is 1.69 bits per heavy atom. The zero-order chi connectivity index (χ0) is 25.2. The predicted octanol–water partition coefficient (Wildman–Crippen LogP) is 4.25. The van der Waals surface area contributed by atoms with Crippen LogP contribution >= 0.6 is 0 Å². The van der Waals surface area contributed by atoms with E-state index in [0.717, 1.165) is 22.4 Å². The van der Waals surface area contributed by atoms with Crippen molar-refractivity contribution in [1.82, 2.24) is 9.97 Å². The number of benzene rings is 3. The number of imidazole rings is 1. The van der Waals surface area contributed by atoms with Gasteiger partial charge < -0.3 is 29.4 Å². The highest BCUT2D eigenvalue weighted by Gasteiger charge is 2.36. The Balaban J connectivity index is 1.28. The topological polar surface area (TPSA) is 106 Å². The fourth-order valence-corrected chi connectivity index (χ4v) is 4.40. The molecule has 2 heterocycles. The van der Waals surface area contributed by atoms with Crippen LogP contribution in [-0.2, 0) is 9.59 Å². The molecular weight excluding hydrogens is 460 g/mol. The zero-order valence-electron chi connectivity index (χ0n) is 20.2. The Morgan fingerprint density at radius 1 is 1.00 bits per heavy atom. The number of carbonyl (C=O) groups excluding carboxylic acids is 2. The Kier molecular flexibility index (Phi) is 6.20. The SMILES string of the molecule is COc1cc(N2CC(C(=O)Nc3ccc(-c4nc5ccccc5[nH]4)cc3)CC2=O)cc(OC)c1OC. The molecule has 3 aromatic carbocycles. The second-order valence-corrected chi connectivity index (χ2v) is 8.46. The maximum absolute atomic E-state index is 13.0. The summed E-state index contributed by atoms with van der Waals surface area (Å²) in [6, 6.07) is 18.7. The van der Waals surface area contributed by atoms with Gasteiger partial charge >= 0.3 is 0 Å². The molecule has 9 nitrogen and oxygen atoms in total. The summed E-state index contributed by atoms with van der Waals surface area (Å²) in [6.07, 6.45) is 0.111. The van der Waals surface area contributed by atoms with E-state index >= 15 is 0 Å². The van der Waals surface area contributed by atoms with Gasteiger partial charge in [0.15, 0.2) is 11.5 Å². The highest BCUT2D eigenvalue weighted by atomic mass is 16.5. The van der Waals surface area contributed by atoms with E-state index in [1.165, 1.54) is 21.3 Å². The molecule has 184 valence electrons. The van der Waals surface area contributed by atoms with Crippen LogP contribution < -0.4 is 24.4 Å². The number of aromatic amines is 1. The standard InChI is InChI=1S/C27H26N4O5/c1-34-22-13-19(14-23(35-2)25(22)36-3)31-15-17(12-24(31)32)27(33)28-18-10-8-16(9-11-18)26-29-20-6-4-5-7-21(20)30-26/h4-11,13-14,17H,12,15H2,1-3H3,(H,28,33)(H,29,30). The summed E-state index contributed by atoms with van der Waals surface area (Å²) in [7, 11) is 4.55. The first-order valence-electron chi connectivity index (χ1n) is 11.5. The van der Waals surface area contributed by atoms with Crippen LogP contribution in [0.15, 0.2) is 60.7 Å². The van der Waals surface area contributed by atoms with Crippen molar-refractivity contribution >= 4 is 34.2 Å². The second kappa shape index (κ2) is 9.61. The number of hydrogen-bond donors (Lipinski definition) is 2. The largest absolute Gasteiger partial charge is 0.493 e. The summed E-state index contributed by atoms with van der Waals surface area (Å²) in [6.45, 7) is 0.250. The van der Waals surface area contributed by atoms with Crippen molar-refractivity contribution in [3.05, 3.63) is 60.7 Å². The number of para-hydroxylation sites is 2. The maximum atomic E-state index is 13.0. The van der Waals surface area contributed by atoms with Crippen molar-refractivity contribution in [2.24, 2.45) is 5.92 Å². The summed E-state index contributed by atoms with van der Waals surface area (Å²) < 4.78 is 16.2. The van der Waals surface area contributed by atoms with Crippen molar-refractivity contribution in [2.75, 3.05) is 38.1 Å². The van der Waals surface area contributed by atoms with Gasteiger partial charge in [-0.25, -0.2) is 4.98 Å². The summed E-state index contributed by atoms with van der Waals surface area (Å²) >= 11 is 0. The van der Waals surface area contributed by atoms with Gasteiger partial charge in [-0.05, 0) is 36.4 Å². The minimum absolute atomic E-state index is 0.111. The van der Waals surface area contributed by atoms with Crippen molar-refractivity contribution in [3.8, 4) is 28.6 Å². The number of H-pyrrole nitrogens is 1. The molecule has 1 saturated heterocycles.